The van der Waals surface area contributed by atoms with Crippen LogP contribution in [-0.2, 0) is 13.1 Å². The summed E-state index contributed by atoms with van der Waals surface area (Å²) in [5, 5.41) is 3.31. The van der Waals surface area contributed by atoms with Gasteiger partial charge in [-0.2, -0.15) is 0 Å². The minimum Gasteiger partial charge on any atom is -0.366 e. The van der Waals surface area contributed by atoms with Crippen LogP contribution in [0.3, 0.4) is 0 Å². The number of hydrogen-bond acceptors (Lipinski definition) is 2. The third-order valence-corrected chi connectivity index (χ3v) is 3.78. The van der Waals surface area contributed by atoms with Gasteiger partial charge in [-0.15, -0.1) is 0 Å². The monoisotopic (exact) mass is 324 g/mol. The van der Waals surface area contributed by atoms with Crippen molar-refractivity contribution >= 4 is 11.9 Å². The molecule has 0 aromatic heterocycles. The van der Waals surface area contributed by atoms with Crippen molar-refractivity contribution < 1.29 is 4.79 Å². The maximum absolute atomic E-state index is 11.3. The van der Waals surface area contributed by atoms with E-state index in [-0.39, 0.29) is 0 Å². The minimum atomic E-state index is -0.419. The van der Waals surface area contributed by atoms with Gasteiger partial charge in [-0.25, -0.2) is 0 Å². The normalized spacial score (nSPS) is 11.2. The quantitative estimate of drug-likeness (QED) is 0.655. The molecule has 0 unspecified atom stereocenters. The van der Waals surface area contributed by atoms with Crippen LogP contribution in [0.25, 0.3) is 0 Å². The molecular formula is C19H24N4O. The fourth-order valence-corrected chi connectivity index (χ4v) is 2.44. The number of rotatable bonds is 5. The first-order chi connectivity index (χ1) is 11.5. The van der Waals surface area contributed by atoms with Gasteiger partial charge in [0.2, 0.25) is 5.91 Å². The number of benzene rings is 2. The molecule has 0 aliphatic heterocycles. The second kappa shape index (κ2) is 8.15. The van der Waals surface area contributed by atoms with E-state index in [1.165, 1.54) is 11.1 Å². The van der Waals surface area contributed by atoms with Crippen molar-refractivity contribution in [1.82, 2.24) is 10.2 Å². The van der Waals surface area contributed by atoms with Crippen LogP contribution in [0.5, 0.6) is 0 Å². The molecule has 24 heavy (non-hydrogen) atoms. The fraction of sp³-hybridized carbons (Fsp3) is 0.263. The number of nitrogens with two attached hydrogens (primary N) is 1. The zero-order valence-corrected chi connectivity index (χ0v) is 14.4. The average Bonchev–Trinajstić information content (AvgIpc) is 2.57. The van der Waals surface area contributed by atoms with Crippen molar-refractivity contribution in [2.45, 2.75) is 20.0 Å². The lowest BCUT2D eigenvalue weighted by atomic mass is 10.1. The standard InChI is InChI=1S/C19H24N4O/c1-14-7-9-15(10-8-14)13-23(3)19(21-2)22-12-16-5-4-6-17(11-16)18(20)24/h4-11H,12-13H2,1-3H3,(H2,20,24)(H,21,22). The number of carbonyl (C=O) groups excluding carboxylic acids is 1. The molecule has 0 saturated carbocycles. The van der Waals surface area contributed by atoms with E-state index in [1.54, 1.807) is 19.2 Å². The molecule has 0 aliphatic carbocycles. The molecule has 0 saturated heterocycles. The van der Waals surface area contributed by atoms with Crippen molar-refractivity contribution in [2.24, 2.45) is 10.7 Å². The Hall–Kier alpha value is -2.82. The van der Waals surface area contributed by atoms with Crippen molar-refractivity contribution in [3.8, 4) is 0 Å². The molecule has 0 bridgehead atoms. The number of nitrogens with one attached hydrogen (secondary N) is 1. The third kappa shape index (κ3) is 4.84. The van der Waals surface area contributed by atoms with Gasteiger partial charge >= 0.3 is 0 Å². The summed E-state index contributed by atoms with van der Waals surface area (Å²) in [6, 6.07) is 15.7. The van der Waals surface area contributed by atoms with Gasteiger partial charge in [0.05, 0.1) is 0 Å². The van der Waals surface area contributed by atoms with Crippen molar-refractivity contribution in [2.75, 3.05) is 14.1 Å². The van der Waals surface area contributed by atoms with Crippen molar-refractivity contribution in [1.29, 1.82) is 0 Å². The zero-order chi connectivity index (χ0) is 17.5. The van der Waals surface area contributed by atoms with E-state index < -0.39 is 5.91 Å². The van der Waals surface area contributed by atoms with Gasteiger partial charge in [-0.3, -0.25) is 9.79 Å². The summed E-state index contributed by atoms with van der Waals surface area (Å²) >= 11 is 0. The van der Waals surface area contributed by atoms with Crippen molar-refractivity contribution in [3.63, 3.8) is 0 Å². The van der Waals surface area contributed by atoms with Gasteiger partial charge in [0.1, 0.15) is 0 Å². The molecule has 2 rings (SSSR count). The highest BCUT2D eigenvalue weighted by Crippen LogP contribution is 2.07. The summed E-state index contributed by atoms with van der Waals surface area (Å²) in [7, 11) is 3.75. The maximum atomic E-state index is 11.3. The topological polar surface area (TPSA) is 70.7 Å². The van der Waals surface area contributed by atoms with Gasteiger partial charge in [0, 0.05) is 32.7 Å². The molecule has 1 amide bonds. The van der Waals surface area contributed by atoms with E-state index in [0.29, 0.717) is 12.1 Å². The van der Waals surface area contributed by atoms with E-state index >= 15 is 0 Å². The first-order valence-electron chi connectivity index (χ1n) is 7.85. The van der Waals surface area contributed by atoms with Gasteiger partial charge in [-0.1, -0.05) is 42.0 Å². The predicted octanol–water partition coefficient (Wildman–Crippen LogP) is 2.30. The number of guanidine groups is 1. The average molecular weight is 324 g/mol. The molecule has 0 fully saturated rings. The molecule has 126 valence electrons. The van der Waals surface area contributed by atoms with E-state index in [4.69, 9.17) is 5.73 Å². The number of aryl methyl sites for hydroxylation is 1. The van der Waals surface area contributed by atoms with Crippen LogP contribution in [0.15, 0.2) is 53.5 Å². The zero-order valence-electron chi connectivity index (χ0n) is 14.4. The summed E-state index contributed by atoms with van der Waals surface area (Å²) < 4.78 is 0. The second-order valence-electron chi connectivity index (χ2n) is 5.81. The van der Waals surface area contributed by atoms with Crippen LogP contribution < -0.4 is 11.1 Å². The number of carbonyl (C=O) groups is 1. The van der Waals surface area contributed by atoms with Crippen LogP contribution in [0.4, 0.5) is 0 Å². The molecule has 5 nitrogen and oxygen atoms in total. The molecule has 0 heterocycles. The fourth-order valence-electron chi connectivity index (χ4n) is 2.44. The third-order valence-electron chi connectivity index (χ3n) is 3.78. The first kappa shape index (κ1) is 17.5. The van der Waals surface area contributed by atoms with Crippen molar-refractivity contribution in [3.05, 3.63) is 70.8 Å². The Morgan fingerprint density at radius 2 is 1.88 bits per heavy atom. The van der Waals surface area contributed by atoms with Crippen LogP contribution in [0.2, 0.25) is 0 Å². The highest BCUT2D eigenvalue weighted by Gasteiger charge is 2.07. The Labute approximate surface area is 143 Å². The van der Waals surface area contributed by atoms with Gasteiger partial charge in [0.15, 0.2) is 5.96 Å². The summed E-state index contributed by atoms with van der Waals surface area (Å²) in [5.74, 6) is 0.373. The lowest BCUT2D eigenvalue weighted by molar-refractivity contribution is 0.1000. The first-order valence-corrected chi connectivity index (χ1v) is 7.85. The Bertz CT molecular complexity index is 722. The number of nitrogens with zero attached hydrogens (tertiary/aromatic N) is 2. The maximum Gasteiger partial charge on any atom is 0.248 e. The number of amides is 1. The highest BCUT2D eigenvalue weighted by molar-refractivity contribution is 5.92. The highest BCUT2D eigenvalue weighted by atomic mass is 16.1. The summed E-state index contributed by atoms with van der Waals surface area (Å²) in [5.41, 5.74) is 9.28. The Morgan fingerprint density at radius 3 is 2.50 bits per heavy atom. The smallest absolute Gasteiger partial charge is 0.248 e. The number of aliphatic imine (C=N–C) groups is 1. The van der Waals surface area contributed by atoms with Crippen LogP contribution >= 0.6 is 0 Å². The Kier molecular flexibility index (Phi) is 5.95. The van der Waals surface area contributed by atoms with E-state index in [9.17, 15) is 4.79 Å². The van der Waals surface area contributed by atoms with E-state index in [0.717, 1.165) is 18.1 Å². The molecule has 0 aliphatic rings. The molecule has 0 radical (unpaired) electrons. The molecule has 2 aromatic rings. The molecule has 5 heteroatoms. The Balaban J connectivity index is 1.97. The van der Waals surface area contributed by atoms with E-state index in [2.05, 4.69) is 46.4 Å². The van der Waals surface area contributed by atoms with Gasteiger partial charge in [0.25, 0.3) is 0 Å². The SMILES string of the molecule is CN=C(NCc1cccc(C(N)=O)c1)N(C)Cc1ccc(C)cc1. The molecule has 3 N–H and O–H groups in total. The lowest BCUT2D eigenvalue weighted by Crippen LogP contribution is -2.38. The molecule has 2 aromatic carbocycles. The summed E-state index contributed by atoms with van der Waals surface area (Å²) in [6.07, 6.45) is 0. The van der Waals surface area contributed by atoms with Crippen LogP contribution in [0, 0.1) is 6.92 Å². The van der Waals surface area contributed by atoms with Crippen LogP contribution in [0.1, 0.15) is 27.0 Å². The van der Waals surface area contributed by atoms with Crippen LogP contribution in [-0.4, -0.2) is 30.9 Å². The largest absolute Gasteiger partial charge is 0.366 e. The Morgan fingerprint density at radius 1 is 1.17 bits per heavy atom. The van der Waals surface area contributed by atoms with E-state index in [1.807, 2.05) is 19.2 Å². The lowest BCUT2D eigenvalue weighted by Gasteiger charge is -2.22. The number of primary amides is 1. The molecular weight excluding hydrogens is 300 g/mol. The predicted molar refractivity (Wildman–Crippen MR) is 97.8 cm³/mol. The molecule has 0 spiro atoms. The number of hydrogen-bond donors (Lipinski definition) is 2. The van der Waals surface area contributed by atoms with Gasteiger partial charge < -0.3 is 16.0 Å². The molecule has 0 atom stereocenters. The second-order valence-corrected chi connectivity index (χ2v) is 5.81. The van der Waals surface area contributed by atoms with Gasteiger partial charge in [-0.05, 0) is 30.2 Å². The summed E-state index contributed by atoms with van der Waals surface area (Å²) in [6.45, 7) is 3.42. The minimum absolute atomic E-state index is 0.419. The summed E-state index contributed by atoms with van der Waals surface area (Å²) in [4.78, 5) is 17.6.